The van der Waals surface area contributed by atoms with Crippen LogP contribution in [0.3, 0.4) is 0 Å². The van der Waals surface area contributed by atoms with E-state index in [1.807, 2.05) is 0 Å². The lowest BCUT2D eigenvalue weighted by atomic mass is 9.97. The number of hydrogen-bond donors (Lipinski definition) is 2. The molecular weight excluding hydrogens is 264 g/mol. The monoisotopic (exact) mass is 282 g/mol. The van der Waals surface area contributed by atoms with E-state index >= 15 is 0 Å². The van der Waals surface area contributed by atoms with Crippen LogP contribution in [0, 0.1) is 11.8 Å². The quantitative estimate of drug-likeness (QED) is 0.869. The molecule has 104 valence electrons. The Balaban J connectivity index is 2.07. The number of primary amides is 1. The number of carbonyl (C=O) groups excluding carboxylic acids is 1. The van der Waals surface area contributed by atoms with Crippen molar-refractivity contribution in [3.05, 3.63) is 28.8 Å². The lowest BCUT2D eigenvalue weighted by molar-refractivity contribution is 0.0995. The molecule has 2 rings (SSSR count). The SMILES string of the molecule is NCC1CCCC1COc1cccc(Cl)c1C(N)=O. The van der Waals surface area contributed by atoms with E-state index in [-0.39, 0.29) is 5.56 Å². The summed E-state index contributed by atoms with van der Waals surface area (Å²) in [6, 6.07) is 5.10. The Morgan fingerprint density at radius 1 is 1.37 bits per heavy atom. The minimum Gasteiger partial charge on any atom is -0.492 e. The summed E-state index contributed by atoms with van der Waals surface area (Å²) in [6.07, 6.45) is 3.46. The lowest BCUT2D eigenvalue weighted by Gasteiger charge is -2.19. The second-order valence-corrected chi connectivity index (χ2v) is 5.38. The molecule has 2 unspecified atom stereocenters. The van der Waals surface area contributed by atoms with E-state index in [2.05, 4.69) is 0 Å². The first kappa shape index (κ1) is 14.2. The van der Waals surface area contributed by atoms with Gasteiger partial charge in [-0.15, -0.1) is 0 Å². The van der Waals surface area contributed by atoms with E-state index in [0.717, 1.165) is 12.8 Å². The van der Waals surface area contributed by atoms with Crippen LogP contribution in [-0.4, -0.2) is 19.1 Å². The van der Waals surface area contributed by atoms with Crippen LogP contribution in [0.5, 0.6) is 5.75 Å². The maximum atomic E-state index is 11.4. The molecule has 1 aliphatic rings. The van der Waals surface area contributed by atoms with Gasteiger partial charge < -0.3 is 16.2 Å². The standard InChI is InChI=1S/C14H19ClN2O2/c15-11-5-2-6-12(13(11)14(17)18)19-8-10-4-1-3-9(10)7-16/h2,5-6,9-10H,1,3-4,7-8,16H2,(H2,17,18). The third-order valence-electron chi connectivity index (χ3n) is 3.79. The average Bonchev–Trinajstić information content (AvgIpc) is 2.83. The molecule has 1 aromatic rings. The largest absolute Gasteiger partial charge is 0.492 e. The van der Waals surface area contributed by atoms with Gasteiger partial charge in [-0.05, 0) is 43.4 Å². The summed E-state index contributed by atoms with van der Waals surface area (Å²) in [5, 5.41) is 0.326. The molecule has 4 nitrogen and oxygen atoms in total. The minimum atomic E-state index is -0.567. The molecule has 1 amide bonds. The fourth-order valence-corrected chi connectivity index (χ4v) is 2.96. The highest BCUT2D eigenvalue weighted by Crippen LogP contribution is 2.32. The van der Waals surface area contributed by atoms with Gasteiger partial charge in [0.1, 0.15) is 5.75 Å². The molecular formula is C14H19ClN2O2. The third kappa shape index (κ3) is 3.19. The lowest BCUT2D eigenvalue weighted by Crippen LogP contribution is -2.24. The van der Waals surface area contributed by atoms with Crippen molar-refractivity contribution in [2.45, 2.75) is 19.3 Å². The van der Waals surface area contributed by atoms with Gasteiger partial charge in [0.2, 0.25) is 0 Å². The molecule has 1 fully saturated rings. The first-order chi connectivity index (χ1) is 9.13. The Morgan fingerprint density at radius 2 is 2.11 bits per heavy atom. The highest BCUT2D eigenvalue weighted by Gasteiger charge is 2.27. The molecule has 0 aromatic heterocycles. The summed E-state index contributed by atoms with van der Waals surface area (Å²) in [4.78, 5) is 11.4. The summed E-state index contributed by atoms with van der Waals surface area (Å²) in [5.74, 6) is 0.853. The highest BCUT2D eigenvalue weighted by atomic mass is 35.5. The number of benzene rings is 1. The van der Waals surface area contributed by atoms with E-state index in [4.69, 9.17) is 27.8 Å². The summed E-state index contributed by atoms with van der Waals surface area (Å²) >= 11 is 5.97. The number of carbonyl (C=O) groups is 1. The number of halogens is 1. The number of hydrogen-bond acceptors (Lipinski definition) is 3. The molecule has 5 heteroatoms. The second-order valence-electron chi connectivity index (χ2n) is 4.97. The molecule has 19 heavy (non-hydrogen) atoms. The predicted molar refractivity (Wildman–Crippen MR) is 75.4 cm³/mol. The number of amides is 1. The van der Waals surface area contributed by atoms with Gasteiger partial charge >= 0.3 is 0 Å². The molecule has 0 spiro atoms. The van der Waals surface area contributed by atoms with Crippen LogP contribution in [0.4, 0.5) is 0 Å². The number of ether oxygens (including phenoxy) is 1. The van der Waals surface area contributed by atoms with Gasteiger partial charge in [0.05, 0.1) is 17.2 Å². The normalized spacial score (nSPS) is 22.4. The maximum Gasteiger partial charge on any atom is 0.253 e. The van der Waals surface area contributed by atoms with Crippen molar-refractivity contribution in [3.8, 4) is 5.75 Å². The van der Waals surface area contributed by atoms with E-state index in [1.54, 1.807) is 18.2 Å². The van der Waals surface area contributed by atoms with E-state index in [1.165, 1.54) is 6.42 Å². The Hall–Kier alpha value is -1.26. The fraction of sp³-hybridized carbons (Fsp3) is 0.500. The van der Waals surface area contributed by atoms with Crippen molar-refractivity contribution in [2.75, 3.05) is 13.2 Å². The van der Waals surface area contributed by atoms with Gasteiger partial charge in [-0.25, -0.2) is 0 Å². The second kappa shape index (κ2) is 6.26. The first-order valence-corrected chi connectivity index (χ1v) is 6.92. The molecule has 0 radical (unpaired) electrons. The summed E-state index contributed by atoms with van der Waals surface area (Å²) in [5.41, 5.74) is 11.3. The summed E-state index contributed by atoms with van der Waals surface area (Å²) < 4.78 is 5.75. The van der Waals surface area contributed by atoms with E-state index < -0.39 is 5.91 Å². The van der Waals surface area contributed by atoms with Gasteiger partial charge in [-0.2, -0.15) is 0 Å². The zero-order chi connectivity index (χ0) is 13.8. The number of nitrogens with two attached hydrogens (primary N) is 2. The van der Waals surface area contributed by atoms with Gasteiger partial charge in [0.15, 0.2) is 0 Å². The Kier molecular flexibility index (Phi) is 4.66. The van der Waals surface area contributed by atoms with Gasteiger partial charge in [0.25, 0.3) is 5.91 Å². The summed E-state index contributed by atoms with van der Waals surface area (Å²) in [7, 11) is 0. The van der Waals surface area contributed by atoms with Crippen molar-refractivity contribution >= 4 is 17.5 Å². The van der Waals surface area contributed by atoms with Crippen molar-refractivity contribution in [1.29, 1.82) is 0 Å². The maximum absolute atomic E-state index is 11.4. The predicted octanol–water partition coefficient (Wildman–Crippen LogP) is 2.19. The van der Waals surface area contributed by atoms with Crippen molar-refractivity contribution in [2.24, 2.45) is 23.3 Å². The minimum absolute atomic E-state index is 0.256. The zero-order valence-corrected chi connectivity index (χ0v) is 11.5. The zero-order valence-electron chi connectivity index (χ0n) is 10.8. The Bertz CT molecular complexity index is 465. The van der Waals surface area contributed by atoms with Gasteiger partial charge in [0, 0.05) is 0 Å². The Labute approximate surface area is 118 Å². The molecule has 4 N–H and O–H groups in total. The van der Waals surface area contributed by atoms with Crippen molar-refractivity contribution in [3.63, 3.8) is 0 Å². The Morgan fingerprint density at radius 3 is 2.79 bits per heavy atom. The smallest absolute Gasteiger partial charge is 0.253 e. The van der Waals surface area contributed by atoms with Crippen molar-refractivity contribution < 1.29 is 9.53 Å². The highest BCUT2D eigenvalue weighted by molar-refractivity contribution is 6.34. The fourth-order valence-electron chi connectivity index (χ4n) is 2.70. The van der Waals surface area contributed by atoms with Gasteiger partial charge in [-0.1, -0.05) is 24.1 Å². The van der Waals surface area contributed by atoms with Crippen LogP contribution in [-0.2, 0) is 0 Å². The van der Waals surface area contributed by atoms with Crippen LogP contribution in [0.15, 0.2) is 18.2 Å². The van der Waals surface area contributed by atoms with E-state index in [0.29, 0.717) is 35.8 Å². The molecule has 0 saturated heterocycles. The summed E-state index contributed by atoms with van der Waals surface area (Å²) in [6.45, 7) is 1.24. The molecule has 1 aromatic carbocycles. The molecule has 0 heterocycles. The third-order valence-corrected chi connectivity index (χ3v) is 4.11. The average molecular weight is 283 g/mol. The van der Waals surface area contributed by atoms with Crippen LogP contribution in [0.2, 0.25) is 5.02 Å². The van der Waals surface area contributed by atoms with Crippen LogP contribution < -0.4 is 16.2 Å². The molecule has 0 bridgehead atoms. The molecule has 2 atom stereocenters. The first-order valence-electron chi connectivity index (χ1n) is 6.54. The molecule has 0 aliphatic heterocycles. The topological polar surface area (TPSA) is 78.3 Å². The molecule has 1 aliphatic carbocycles. The van der Waals surface area contributed by atoms with Crippen LogP contribution in [0.25, 0.3) is 0 Å². The van der Waals surface area contributed by atoms with Crippen molar-refractivity contribution in [1.82, 2.24) is 0 Å². The van der Waals surface area contributed by atoms with E-state index in [9.17, 15) is 4.79 Å². The van der Waals surface area contributed by atoms with Crippen LogP contribution >= 0.6 is 11.6 Å². The van der Waals surface area contributed by atoms with Crippen LogP contribution in [0.1, 0.15) is 29.6 Å². The molecule has 1 saturated carbocycles. The number of rotatable bonds is 5. The van der Waals surface area contributed by atoms with Gasteiger partial charge in [-0.3, -0.25) is 4.79 Å².